The number of carbonyl (C=O) groups is 1. The van der Waals surface area contributed by atoms with Crippen LogP contribution in [0.2, 0.25) is 0 Å². The zero-order chi connectivity index (χ0) is 12.7. The molecule has 0 unspecified atom stereocenters. The first-order chi connectivity index (χ1) is 8.66. The summed E-state index contributed by atoms with van der Waals surface area (Å²) in [6, 6.07) is 5.92. The van der Waals surface area contributed by atoms with Gasteiger partial charge in [0.05, 0.1) is 5.52 Å². The van der Waals surface area contributed by atoms with Crippen LogP contribution in [-0.4, -0.2) is 34.6 Å². The number of benzene rings is 1. The predicted octanol–water partition coefficient (Wildman–Crippen LogP) is 2.35. The summed E-state index contributed by atoms with van der Waals surface area (Å²) in [7, 11) is 1.86. The highest BCUT2D eigenvalue weighted by Gasteiger charge is 2.26. The normalized spacial score (nSPS) is 15.0. The van der Waals surface area contributed by atoms with Gasteiger partial charge in [-0.3, -0.25) is 9.89 Å². The number of hydrogen-bond acceptors (Lipinski definition) is 2. The van der Waals surface area contributed by atoms with Crippen LogP contribution in [0.4, 0.5) is 0 Å². The number of para-hydroxylation sites is 1. The largest absolute Gasteiger partial charge is 0.340 e. The molecule has 0 spiro atoms. The Morgan fingerprint density at radius 2 is 2.28 bits per heavy atom. The number of aromatic amines is 1. The molecule has 3 rings (SSSR count). The highest BCUT2D eigenvalue weighted by molar-refractivity contribution is 6.05. The van der Waals surface area contributed by atoms with Crippen LogP contribution in [0.5, 0.6) is 0 Å². The van der Waals surface area contributed by atoms with E-state index in [9.17, 15) is 4.79 Å². The summed E-state index contributed by atoms with van der Waals surface area (Å²) in [6.07, 6.45) is 2.50. The van der Waals surface area contributed by atoms with Crippen LogP contribution in [-0.2, 0) is 0 Å². The molecular weight excluding hydrogens is 226 g/mol. The molecule has 1 aliphatic carbocycles. The van der Waals surface area contributed by atoms with Gasteiger partial charge in [0, 0.05) is 19.0 Å². The van der Waals surface area contributed by atoms with Crippen molar-refractivity contribution in [3.63, 3.8) is 0 Å². The predicted molar refractivity (Wildman–Crippen MR) is 70.5 cm³/mol. The molecule has 18 heavy (non-hydrogen) atoms. The smallest absolute Gasteiger partial charge is 0.272 e. The quantitative estimate of drug-likeness (QED) is 0.899. The molecule has 1 heterocycles. The maximum absolute atomic E-state index is 12.3. The average Bonchev–Trinajstić information content (AvgIpc) is 3.05. The van der Waals surface area contributed by atoms with E-state index in [-0.39, 0.29) is 5.91 Å². The van der Waals surface area contributed by atoms with Gasteiger partial charge in [-0.15, -0.1) is 0 Å². The molecular formula is C14H17N3O. The van der Waals surface area contributed by atoms with Crippen molar-refractivity contribution in [3.8, 4) is 0 Å². The van der Waals surface area contributed by atoms with Crippen LogP contribution in [0.25, 0.3) is 10.9 Å². The van der Waals surface area contributed by atoms with Crippen molar-refractivity contribution in [2.75, 3.05) is 13.6 Å². The minimum atomic E-state index is 0.0370. The number of hydrogen-bond donors (Lipinski definition) is 1. The minimum Gasteiger partial charge on any atom is -0.340 e. The number of aromatic nitrogens is 2. The maximum Gasteiger partial charge on any atom is 0.272 e. The lowest BCUT2D eigenvalue weighted by atomic mass is 10.1. The second kappa shape index (κ2) is 4.12. The van der Waals surface area contributed by atoms with Gasteiger partial charge in [0.1, 0.15) is 5.69 Å². The first-order valence-corrected chi connectivity index (χ1v) is 6.36. The van der Waals surface area contributed by atoms with E-state index in [4.69, 9.17) is 0 Å². The lowest BCUT2D eigenvalue weighted by Crippen LogP contribution is -2.29. The molecule has 94 valence electrons. The van der Waals surface area contributed by atoms with E-state index < -0.39 is 0 Å². The molecule has 4 heteroatoms. The molecule has 1 amide bonds. The number of H-pyrrole nitrogens is 1. The van der Waals surface area contributed by atoms with Crippen molar-refractivity contribution in [1.82, 2.24) is 15.1 Å². The van der Waals surface area contributed by atoms with E-state index in [0.717, 1.165) is 23.0 Å². The molecule has 0 saturated heterocycles. The number of rotatable bonds is 3. The zero-order valence-electron chi connectivity index (χ0n) is 10.7. The Balaban J connectivity index is 1.93. The van der Waals surface area contributed by atoms with Gasteiger partial charge in [-0.05, 0) is 31.2 Å². The molecule has 4 nitrogen and oxygen atoms in total. The summed E-state index contributed by atoms with van der Waals surface area (Å²) in [5.74, 6) is 0.741. The molecule has 1 aromatic heterocycles. The number of amides is 1. The van der Waals surface area contributed by atoms with Gasteiger partial charge >= 0.3 is 0 Å². The Labute approximate surface area is 106 Å². The zero-order valence-corrected chi connectivity index (χ0v) is 10.7. The van der Waals surface area contributed by atoms with Crippen molar-refractivity contribution < 1.29 is 4.79 Å². The fourth-order valence-corrected chi connectivity index (χ4v) is 2.31. The second-order valence-corrected chi connectivity index (χ2v) is 5.20. The molecule has 1 N–H and O–H groups in total. The van der Waals surface area contributed by atoms with Crippen molar-refractivity contribution in [1.29, 1.82) is 0 Å². The van der Waals surface area contributed by atoms with Gasteiger partial charge in [0.15, 0.2) is 0 Å². The SMILES string of the molecule is Cc1cccc2c(C(=O)N(C)CC3CC3)[nH]nc12. The standard InChI is InChI=1S/C14H17N3O/c1-9-4-3-5-11-12(9)15-16-13(11)14(18)17(2)8-10-6-7-10/h3-5,10H,6-8H2,1-2H3,(H,15,16). The monoisotopic (exact) mass is 243 g/mol. The summed E-state index contributed by atoms with van der Waals surface area (Å²) >= 11 is 0. The highest BCUT2D eigenvalue weighted by atomic mass is 16.2. The minimum absolute atomic E-state index is 0.0370. The van der Waals surface area contributed by atoms with E-state index in [0.29, 0.717) is 11.6 Å². The van der Waals surface area contributed by atoms with Crippen LogP contribution in [0.15, 0.2) is 18.2 Å². The van der Waals surface area contributed by atoms with Crippen molar-refractivity contribution in [3.05, 3.63) is 29.5 Å². The molecule has 1 fully saturated rings. The van der Waals surface area contributed by atoms with Crippen LogP contribution >= 0.6 is 0 Å². The Bertz CT molecular complexity index is 598. The highest BCUT2D eigenvalue weighted by Crippen LogP contribution is 2.30. The molecule has 0 bridgehead atoms. The lowest BCUT2D eigenvalue weighted by Gasteiger charge is -2.15. The third-order valence-electron chi connectivity index (χ3n) is 3.58. The number of carbonyl (C=O) groups excluding carboxylic acids is 1. The van der Waals surface area contributed by atoms with Gasteiger partial charge in [-0.1, -0.05) is 18.2 Å². The van der Waals surface area contributed by atoms with Crippen molar-refractivity contribution >= 4 is 16.8 Å². The third-order valence-corrected chi connectivity index (χ3v) is 3.58. The van der Waals surface area contributed by atoms with E-state index in [1.807, 2.05) is 32.2 Å². The van der Waals surface area contributed by atoms with Gasteiger partial charge in [0.25, 0.3) is 5.91 Å². The fourth-order valence-electron chi connectivity index (χ4n) is 2.31. The number of nitrogens with zero attached hydrogens (tertiary/aromatic N) is 2. The summed E-state index contributed by atoms with van der Waals surface area (Å²) < 4.78 is 0. The van der Waals surface area contributed by atoms with Gasteiger partial charge in [-0.2, -0.15) is 5.10 Å². The molecule has 1 saturated carbocycles. The summed E-state index contributed by atoms with van der Waals surface area (Å²) in [4.78, 5) is 14.1. The Morgan fingerprint density at radius 1 is 1.50 bits per heavy atom. The first-order valence-electron chi connectivity index (χ1n) is 6.36. The van der Waals surface area contributed by atoms with Crippen LogP contribution < -0.4 is 0 Å². The molecule has 1 aliphatic rings. The summed E-state index contributed by atoms with van der Waals surface area (Å²) in [5, 5.41) is 8.05. The maximum atomic E-state index is 12.3. The topological polar surface area (TPSA) is 49.0 Å². The van der Waals surface area contributed by atoms with E-state index in [2.05, 4.69) is 10.2 Å². The third kappa shape index (κ3) is 1.88. The fraction of sp³-hybridized carbons (Fsp3) is 0.429. The van der Waals surface area contributed by atoms with E-state index in [1.54, 1.807) is 4.90 Å². The van der Waals surface area contributed by atoms with Crippen molar-refractivity contribution in [2.24, 2.45) is 5.92 Å². The van der Waals surface area contributed by atoms with Crippen LogP contribution in [0.1, 0.15) is 28.9 Å². The molecule has 0 aliphatic heterocycles. The van der Waals surface area contributed by atoms with Gasteiger partial charge in [-0.25, -0.2) is 0 Å². The van der Waals surface area contributed by atoms with Crippen molar-refractivity contribution in [2.45, 2.75) is 19.8 Å². The van der Waals surface area contributed by atoms with Gasteiger partial charge in [0.2, 0.25) is 0 Å². The first kappa shape index (κ1) is 11.3. The number of fused-ring (bicyclic) bond motifs is 1. The molecule has 0 atom stereocenters. The Morgan fingerprint density at radius 3 is 3.00 bits per heavy atom. The Hall–Kier alpha value is -1.84. The van der Waals surface area contributed by atoms with Crippen LogP contribution in [0.3, 0.4) is 0 Å². The lowest BCUT2D eigenvalue weighted by molar-refractivity contribution is 0.0785. The Kier molecular flexibility index (Phi) is 2.58. The van der Waals surface area contributed by atoms with Crippen LogP contribution in [0, 0.1) is 12.8 Å². The second-order valence-electron chi connectivity index (χ2n) is 5.20. The molecule has 2 aromatic rings. The number of nitrogens with one attached hydrogen (secondary N) is 1. The number of aryl methyl sites for hydroxylation is 1. The summed E-state index contributed by atoms with van der Waals surface area (Å²) in [5.41, 5.74) is 2.59. The van der Waals surface area contributed by atoms with E-state index >= 15 is 0 Å². The molecule has 0 radical (unpaired) electrons. The summed E-state index contributed by atoms with van der Waals surface area (Å²) in [6.45, 7) is 2.86. The molecule has 1 aromatic carbocycles. The van der Waals surface area contributed by atoms with Gasteiger partial charge < -0.3 is 4.90 Å². The average molecular weight is 243 g/mol. The van der Waals surface area contributed by atoms with E-state index in [1.165, 1.54) is 12.8 Å².